The van der Waals surface area contributed by atoms with Gasteiger partial charge in [-0.15, -0.1) is 0 Å². The Labute approximate surface area is 122 Å². The minimum absolute atomic E-state index is 0.00597. The molecule has 22 heavy (non-hydrogen) atoms. The van der Waals surface area contributed by atoms with Crippen LogP contribution in [-0.2, 0) is 0 Å². The lowest BCUT2D eigenvalue weighted by atomic mass is 9.99. The fourth-order valence-electron chi connectivity index (χ4n) is 2.90. The van der Waals surface area contributed by atoms with E-state index in [-0.39, 0.29) is 39.2 Å². The van der Waals surface area contributed by atoms with Gasteiger partial charge in [-0.3, -0.25) is 9.98 Å². The summed E-state index contributed by atoms with van der Waals surface area (Å²) >= 11 is 0. The summed E-state index contributed by atoms with van der Waals surface area (Å²) in [7, 11) is 0. The normalized spacial score (nSPS) is 13.7. The van der Waals surface area contributed by atoms with E-state index in [0.717, 1.165) is 0 Å². The quantitative estimate of drug-likeness (QED) is 0.492. The third-order valence-electron chi connectivity index (χ3n) is 3.88. The number of hydrogen-bond acceptors (Lipinski definition) is 4. The first kappa shape index (κ1) is 12.9. The van der Waals surface area contributed by atoms with Crippen LogP contribution in [0.1, 0.15) is 0 Å². The van der Waals surface area contributed by atoms with E-state index in [2.05, 4.69) is 9.98 Å². The molecular weight excluding hydrogens is 290 g/mol. The maximum Gasteiger partial charge on any atom is 0.186 e. The molecule has 0 fully saturated rings. The minimum atomic E-state index is -1.23. The first-order chi connectivity index (χ1) is 10.6. The number of rotatable bonds is 0. The lowest BCUT2D eigenvalue weighted by Crippen LogP contribution is -2.35. The molecule has 0 spiro atoms. The van der Waals surface area contributed by atoms with Crippen molar-refractivity contribution in [3.8, 4) is 11.5 Å². The number of fused-ring (bicyclic) bond motifs is 4. The fourth-order valence-corrected chi connectivity index (χ4v) is 2.90. The van der Waals surface area contributed by atoms with Crippen LogP contribution < -0.4 is 10.7 Å². The first-order valence-corrected chi connectivity index (χ1v) is 6.73. The van der Waals surface area contributed by atoms with E-state index in [1.54, 1.807) is 18.2 Å². The Morgan fingerprint density at radius 3 is 1.95 bits per heavy atom. The van der Waals surface area contributed by atoms with Crippen molar-refractivity contribution >= 4 is 21.5 Å². The Morgan fingerprint density at radius 2 is 1.32 bits per heavy atom. The van der Waals surface area contributed by atoms with Crippen molar-refractivity contribution in [3.63, 3.8) is 0 Å². The van der Waals surface area contributed by atoms with Crippen molar-refractivity contribution in [3.05, 3.63) is 46.6 Å². The number of nitrogens with zero attached hydrogens (tertiary/aromatic N) is 2. The number of phenolic OH excluding ortho intramolecular Hbond substituents is 2. The molecule has 0 saturated carbocycles. The molecule has 2 N–H and O–H groups in total. The number of benzene rings is 3. The van der Waals surface area contributed by atoms with Crippen molar-refractivity contribution in [2.45, 2.75) is 0 Å². The van der Waals surface area contributed by atoms with E-state index in [1.807, 2.05) is 0 Å². The predicted octanol–water partition coefficient (Wildman–Crippen LogP) is 1.94. The molecule has 0 unspecified atom stereocenters. The lowest BCUT2D eigenvalue weighted by Gasteiger charge is -2.12. The maximum absolute atomic E-state index is 14.4. The average Bonchev–Trinajstić information content (AvgIpc) is 2.56. The van der Waals surface area contributed by atoms with E-state index in [1.165, 1.54) is 6.07 Å². The van der Waals surface area contributed by atoms with Gasteiger partial charge in [0.2, 0.25) is 0 Å². The van der Waals surface area contributed by atoms with Crippen molar-refractivity contribution < 1.29 is 19.0 Å². The minimum Gasteiger partial charge on any atom is -0.507 e. The molecule has 0 aliphatic carbocycles. The van der Waals surface area contributed by atoms with Crippen LogP contribution in [0, 0.1) is 11.6 Å². The molecule has 3 aromatic carbocycles. The monoisotopic (exact) mass is 300 g/mol. The molecule has 0 aromatic heterocycles. The number of hydrogen-bond donors (Lipinski definition) is 2. The third kappa shape index (κ3) is 1.49. The highest BCUT2D eigenvalue weighted by Crippen LogP contribution is 2.40. The van der Waals surface area contributed by atoms with Gasteiger partial charge in [-0.2, -0.15) is 0 Å². The van der Waals surface area contributed by atoms with Gasteiger partial charge in [-0.25, -0.2) is 8.78 Å². The Morgan fingerprint density at radius 1 is 0.773 bits per heavy atom. The molecule has 110 valence electrons. The molecule has 4 rings (SSSR count). The highest BCUT2D eigenvalue weighted by Gasteiger charge is 2.23. The van der Waals surface area contributed by atoms with Crippen molar-refractivity contribution in [2.24, 2.45) is 9.98 Å². The van der Waals surface area contributed by atoms with Gasteiger partial charge in [-0.05, 0) is 0 Å². The Balaban J connectivity index is 2.45. The van der Waals surface area contributed by atoms with Crippen LogP contribution in [0.3, 0.4) is 0 Å². The van der Waals surface area contributed by atoms with Gasteiger partial charge in [0.25, 0.3) is 0 Å². The molecular formula is C16H10F2N2O2. The number of phenols is 2. The highest BCUT2D eigenvalue weighted by atomic mass is 19.2. The van der Waals surface area contributed by atoms with Crippen LogP contribution in [0.15, 0.2) is 34.3 Å². The lowest BCUT2D eigenvalue weighted by molar-refractivity contribution is 0.466. The van der Waals surface area contributed by atoms with Crippen molar-refractivity contribution in [2.75, 3.05) is 13.1 Å². The fraction of sp³-hybridized carbons (Fsp3) is 0.125. The summed E-state index contributed by atoms with van der Waals surface area (Å²) < 4.78 is 28.6. The largest absolute Gasteiger partial charge is 0.507 e. The molecule has 3 aromatic rings. The van der Waals surface area contributed by atoms with E-state index in [9.17, 15) is 19.0 Å². The number of aromatic hydroxyl groups is 2. The maximum atomic E-state index is 14.4. The second kappa shape index (κ2) is 4.37. The summed E-state index contributed by atoms with van der Waals surface area (Å²) in [6.45, 7) is 0.579. The summed E-state index contributed by atoms with van der Waals surface area (Å²) in [6.07, 6.45) is 0. The summed E-state index contributed by atoms with van der Waals surface area (Å²) in [4.78, 5) is 8.11. The molecule has 0 atom stereocenters. The van der Waals surface area contributed by atoms with Gasteiger partial charge in [0.15, 0.2) is 11.6 Å². The molecule has 0 bridgehead atoms. The van der Waals surface area contributed by atoms with Gasteiger partial charge >= 0.3 is 0 Å². The molecule has 1 aliphatic rings. The summed E-state index contributed by atoms with van der Waals surface area (Å²) in [5.74, 6) is -3.04. The van der Waals surface area contributed by atoms with E-state index < -0.39 is 17.4 Å². The summed E-state index contributed by atoms with van der Waals surface area (Å²) in [5.41, 5.74) is 0. The van der Waals surface area contributed by atoms with Gasteiger partial charge in [0.05, 0.1) is 29.2 Å². The highest BCUT2D eigenvalue weighted by molar-refractivity contribution is 6.10. The van der Waals surface area contributed by atoms with E-state index in [0.29, 0.717) is 11.9 Å². The van der Waals surface area contributed by atoms with Crippen LogP contribution in [0.25, 0.3) is 21.5 Å². The second-order valence-electron chi connectivity index (χ2n) is 5.08. The predicted molar refractivity (Wildman–Crippen MR) is 76.7 cm³/mol. The van der Waals surface area contributed by atoms with Crippen LogP contribution in [-0.4, -0.2) is 23.3 Å². The molecule has 6 heteroatoms. The van der Waals surface area contributed by atoms with E-state index >= 15 is 0 Å². The zero-order chi connectivity index (χ0) is 15.4. The van der Waals surface area contributed by atoms with Crippen molar-refractivity contribution in [1.29, 1.82) is 0 Å². The Kier molecular flexibility index (Phi) is 2.57. The Hall–Kier alpha value is -2.76. The molecule has 0 saturated heterocycles. The first-order valence-electron chi connectivity index (χ1n) is 6.73. The summed E-state index contributed by atoms with van der Waals surface area (Å²) in [5, 5.41) is 21.0. The zero-order valence-corrected chi connectivity index (χ0v) is 11.3. The van der Waals surface area contributed by atoms with Crippen LogP contribution in [0.5, 0.6) is 11.5 Å². The van der Waals surface area contributed by atoms with Gasteiger partial charge in [0, 0.05) is 10.8 Å². The molecule has 0 radical (unpaired) electrons. The molecule has 4 nitrogen and oxygen atoms in total. The third-order valence-corrected chi connectivity index (χ3v) is 3.88. The van der Waals surface area contributed by atoms with Crippen LogP contribution in [0.2, 0.25) is 0 Å². The Bertz CT molecular complexity index is 1080. The standard InChI is InChI=1S/C16H10F2N2O2/c17-11-9-10(13-14(12(11)18)20-6-5-19-13)16(22)8-4-2-1-3-7(8)15(9)21/h1-4,21-22H,5-6H2. The average molecular weight is 300 g/mol. The molecule has 1 heterocycles. The van der Waals surface area contributed by atoms with Gasteiger partial charge in [0.1, 0.15) is 16.9 Å². The smallest absolute Gasteiger partial charge is 0.186 e. The molecule has 1 aliphatic heterocycles. The van der Waals surface area contributed by atoms with Gasteiger partial charge < -0.3 is 10.2 Å². The SMILES string of the molecule is Oc1c2ccccc2c(O)c2c3c(c(F)c(F)c12)=NCCN=3. The second-order valence-corrected chi connectivity index (χ2v) is 5.08. The van der Waals surface area contributed by atoms with Gasteiger partial charge in [-0.1, -0.05) is 24.3 Å². The van der Waals surface area contributed by atoms with Crippen LogP contribution in [0.4, 0.5) is 8.78 Å². The van der Waals surface area contributed by atoms with E-state index in [4.69, 9.17) is 0 Å². The topological polar surface area (TPSA) is 65.2 Å². The number of halogens is 2. The summed E-state index contributed by atoms with van der Waals surface area (Å²) in [6, 6.07) is 6.44. The molecule has 0 amide bonds. The van der Waals surface area contributed by atoms with Crippen LogP contribution >= 0.6 is 0 Å². The van der Waals surface area contributed by atoms with Crippen molar-refractivity contribution in [1.82, 2.24) is 0 Å². The zero-order valence-electron chi connectivity index (χ0n) is 11.3.